The molecule has 0 saturated heterocycles. The van der Waals surface area contributed by atoms with Crippen molar-refractivity contribution in [2.24, 2.45) is 0 Å². The molecule has 0 radical (unpaired) electrons. The number of nitrogens with one attached hydrogen (secondary N) is 1. The van der Waals surface area contributed by atoms with Gasteiger partial charge in [0.15, 0.2) is 0 Å². The first-order valence-electron chi connectivity index (χ1n) is 25.9. The van der Waals surface area contributed by atoms with Crippen molar-refractivity contribution in [2.75, 3.05) is 40.9 Å². The van der Waals surface area contributed by atoms with Crippen molar-refractivity contribution in [1.29, 1.82) is 0 Å². The number of aliphatic hydroxyl groups is 1. The SMILES string of the molecule is CC/C=C\C/C=C\C/C=C\C/C=C\C/C=C\C/C=C\C/C=C\C/C=C\C/C=C\CCCC(=O)NC(COP(=O)([O-])OCC[N+](C)(C)C)C(O)/C=C/CCCCCCCCCCCCCCC. The maximum atomic E-state index is 12.9. The molecule has 376 valence electrons. The fourth-order valence-electron chi connectivity index (χ4n) is 6.62. The molecule has 3 unspecified atom stereocenters. The minimum Gasteiger partial charge on any atom is -0.756 e. The predicted molar refractivity (Wildman–Crippen MR) is 283 cm³/mol. The van der Waals surface area contributed by atoms with Gasteiger partial charge in [-0.25, -0.2) is 0 Å². The summed E-state index contributed by atoms with van der Waals surface area (Å²) in [6.45, 7) is 4.47. The third kappa shape index (κ3) is 48.8. The van der Waals surface area contributed by atoms with Crippen molar-refractivity contribution in [1.82, 2.24) is 5.32 Å². The summed E-state index contributed by atoms with van der Waals surface area (Å²) in [7, 11) is 1.20. The van der Waals surface area contributed by atoms with Crippen molar-refractivity contribution >= 4 is 13.7 Å². The van der Waals surface area contributed by atoms with Crippen LogP contribution in [-0.2, 0) is 18.4 Å². The van der Waals surface area contributed by atoms with Crippen LogP contribution in [0.2, 0.25) is 0 Å². The van der Waals surface area contributed by atoms with E-state index in [1.165, 1.54) is 70.6 Å². The lowest BCUT2D eigenvalue weighted by Crippen LogP contribution is -2.45. The van der Waals surface area contributed by atoms with Crippen molar-refractivity contribution in [3.8, 4) is 0 Å². The van der Waals surface area contributed by atoms with Crippen molar-refractivity contribution in [3.05, 3.63) is 122 Å². The van der Waals surface area contributed by atoms with E-state index in [9.17, 15) is 19.4 Å². The Bertz CT molecular complexity index is 1480. The molecule has 0 rings (SSSR count). The zero-order chi connectivity index (χ0) is 48.5. The van der Waals surface area contributed by atoms with Crippen molar-refractivity contribution < 1.29 is 32.9 Å². The third-order valence-electron chi connectivity index (χ3n) is 10.7. The largest absolute Gasteiger partial charge is 0.756 e. The molecule has 2 N–H and O–H groups in total. The molecule has 0 aromatic rings. The van der Waals surface area contributed by atoms with Crippen LogP contribution in [0.3, 0.4) is 0 Å². The lowest BCUT2D eigenvalue weighted by atomic mass is 10.0. The Labute approximate surface area is 405 Å². The van der Waals surface area contributed by atoms with E-state index in [1.807, 2.05) is 27.2 Å². The average Bonchev–Trinajstić information content (AvgIpc) is 3.28. The van der Waals surface area contributed by atoms with E-state index in [0.717, 1.165) is 83.5 Å². The van der Waals surface area contributed by atoms with Gasteiger partial charge in [0.25, 0.3) is 7.82 Å². The molecule has 0 aromatic carbocycles. The minimum absolute atomic E-state index is 0.0189. The molecule has 3 atom stereocenters. The van der Waals surface area contributed by atoms with Gasteiger partial charge in [-0.05, 0) is 83.5 Å². The summed E-state index contributed by atoms with van der Waals surface area (Å²) in [5, 5.41) is 13.8. The number of allylic oxidation sites excluding steroid dienone is 19. The molecular weight excluding hydrogens is 840 g/mol. The number of nitrogens with zero attached hydrogens (tertiary/aromatic N) is 1. The normalized spacial score (nSPS) is 15.1. The van der Waals surface area contributed by atoms with Crippen LogP contribution < -0.4 is 10.2 Å². The quantitative estimate of drug-likeness (QED) is 0.0273. The van der Waals surface area contributed by atoms with Gasteiger partial charge in [0, 0.05) is 6.42 Å². The van der Waals surface area contributed by atoms with Gasteiger partial charge in [-0.1, -0.05) is 212 Å². The molecular formula is C57H97N2O6P. The number of amides is 1. The highest BCUT2D eigenvalue weighted by atomic mass is 31.2. The van der Waals surface area contributed by atoms with Crippen LogP contribution in [0.25, 0.3) is 0 Å². The van der Waals surface area contributed by atoms with Crippen LogP contribution in [-0.4, -0.2) is 68.5 Å². The summed E-state index contributed by atoms with van der Waals surface area (Å²) in [6, 6.07) is -0.926. The zero-order valence-electron chi connectivity index (χ0n) is 42.6. The molecule has 0 bridgehead atoms. The smallest absolute Gasteiger partial charge is 0.268 e. The number of carbonyl (C=O) groups excluding carboxylic acids is 1. The highest BCUT2D eigenvalue weighted by Gasteiger charge is 2.23. The van der Waals surface area contributed by atoms with Crippen LogP contribution >= 0.6 is 7.82 Å². The standard InChI is InChI=1S/C57H97N2O6P/c1-6-8-10-12-14-16-18-20-22-23-24-25-26-27-28-29-30-31-32-33-34-35-37-39-41-43-45-47-49-51-57(61)58-55(54-65-66(62,63)64-53-52-59(3,4)5)56(60)50-48-46-44-42-40-38-36-21-19-17-15-13-11-9-7-2/h8,10,14,16,20,22,24-25,27-28,30-31,33-34,37,39,43,45,48,50,55-56,60H,6-7,9,11-13,15,17-19,21,23,26,29,32,35-36,38,40-42,44,46-47,49,51-54H2,1-5H3,(H-,58,61,62,63)/b10-8-,16-14-,22-20-,25-24-,28-27-,31-30-,34-33-,39-37-,45-43-,50-48+. The van der Waals surface area contributed by atoms with E-state index in [4.69, 9.17) is 9.05 Å². The Morgan fingerprint density at radius 3 is 1.33 bits per heavy atom. The monoisotopic (exact) mass is 937 g/mol. The van der Waals surface area contributed by atoms with Crippen molar-refractivity contribution in [3.63, 3.8) is 0 Å². The number of likely N-dealkylation sites (N-methyl/N-ethyl adjacent to an activating group) is 1. The summed E-state index contributed by atoms with van der Waals surface area (Å²) in [5.41, 5.74) is 0. The number of rotatable bonds is 45. The van der Waals surface area contributed by atoms with E-state index in [1.54, 1.807) is 6.08 Å². The number of carbonyl (C=O) groups is 1. The maximum Gasteiger partial charge on any atom is 0.268 e. The summed E-state index contributed by atoms with van der Waals surface area (Å²) >= 11 is 0. The number of hydrogen-bond acceptors (Lipinski definition) is 6. The third-order valence-corrected chi connectivity index (χ3v) is 11.6. The lowest BCUT2D eigenvalue weighted by molar-refractivity contribution is -0.870. The van der Waals surface area contributed by atoms with Gasteiger partial charge in [0.05, 0.1) is 39.9 Å². The Morgan fingerprint density at radius 2 is 0.924 bits per heavy atom. The highest BCUT2D eigenvalue weighted by Crippen LogP contribution is 2.38. The van der Waals surface area contributed by atoms with Crippen molar-refractivity contribution in [2.45, 2.75) is 193 Å². The maximum absolute atomic E-state index is 12.9. The van der Waals surface area contributed by atoms with E-state index in [0.29, 0.717) is 17.4 Å². The van der Waals surface area contributed by atoms with Crippen LogP contribution in [0, 0.1) is 0 Å². The van der Waals surface area contributed by atoms with Gasteiger partial charge in [0.1, 0.15) is 13.2 Å². The second-order valence-electron chi connectivity index (χ2n) is 18.1. The van der Waals surface area contributed by atoms with Crippen LogP contribution in [0.5, 0.6) is 0 Å². The highest BCUT2D eigenvalue weighted by molar-refractivity contribution is 7.45. The molecule has 0 aromatic heterocycles. The van der Waals surface area contributed by atoms with Crippen LogP contribution in [0.1, 0.15) is 181 Å². The lowest BCUT2D eigenvalue weighted by Gasteiger charge is -2.29. The molecule has 0 aliphatic rings. The number of phosphoric ester groups is 1. The summed E-state index contributed by atoms with van der Waals surface area (Å²) in [5.74, 6) is -0.261. The van der Waals surface area contributed by atoms with Gasteiger partial charge >= 0.3 is 0 Å². The fraction of sp³-hybridized carbons (Fsp3) is 0.632. The van der Waals surface area contributed by atoms with Gasteiger partial charge in [-0.2, -0.15) is 0 Å². The Hall–Kier alpha value is -3.10. The molecule has 0 heterocycles. The molecule has 9 heteroatoms. The molecule has 1 amide bonds. The van der Waals surface area contributed by atoms with Gasteiger partial charge in [0.2, 0.25) is 5.91 Å². The fourth-order valence-corrected chi connectivity index (χ4v) is 7.35. The van der Waals surface area contributed by atoms with E-state index >= 15 is 0 Å². The zero-order valence-corrected chi connectivity index (χ0v) is 43.5. The van der Waals surface area contributed by atoms with Gasteiger partial charge < -0.3 is 28.8 Å². The Balaban J connectivity index is 4.43. The Kier molecular flexibility index (Phi) is 44.8. The number of aliphatic hydroxyl groups excluding tert-OH is 1. The van der Waals surface area contributed by atoms with E-state index < -0.39 is 26.6 Å². The first-order valence-corrected chi connectivity index (χ1v) is 27.4. The summed E-state index contributed by atoms with van der Waals surface area (Å²) < 4.78 is 23.2. The topological polar surface area (TPSA) is 108 Å². The van der Waals surface area contributed by atoms with Gasteiger partial charge in [-0.3, -0.25) is 9.36 Å². The number of phosphoric acid groups is 1. The summed E-state index contributed by atoms with van der Waals surface area (Å²) in [6.07, 6.45) is 69.8. The van der Waals surface area contributed by atoms with Crippen LogP contribution in [0.4, 0.5) is 0 Å². The Morgan fingerprint density at radius 1 is 0.545 bits per heavy atom. The number of hydrogen-bond donors (Lipinski definition) is 2. The first kappa shape index (κ1) is 62.9. The number of unbranched alkanes of at least 4 members (excludes halogenated alkanes) is 14. The molecule has 0 aliphatic carbocycles. The second kappa shape index (κ2) is 47.0. The van der Waals surface area contributed by atoms with E-state index in [-0.39, 0.29) is 18.9 Å². The molecule has 0 saturated carbocycles. The minimum atomic E-state index is -4.62. The number of quaternary nitrogens is 1. The second-order valence-corrected chi connectivity index (χ2v) is 19.6. The predicted octanol–water partition coefficient (Wildman–Crippen LogP) is 14.8. The molecule has 66 heavy (non-hydrogen) atoms. The van der Waals surface area contributed by atoms with Gasteiger partial charge in [-0.15, -0.1) is 0 Å². The molecule has 0 aliphatic heterocycles. The molecule has 0 spiro atoms. The average molecular weight is 937 g/mol. The van der Waals surface area contributed by atoms with Crippen LogP contribution in [0.15, 0.2) is 122 Å². The summed E-state index contributed by atoms with van der Waals surface area (Å²) in [4.78, 5) is 25.4. The first-order chi connectivity index (χ1) is 32.0. The molecule has 8 nitrogen and oxygen atoms in total. The molecule has 0 fully saturated rings. The van der Waals surface area contributed by atoms with E-state index in [2.05, 4.69) is 129 Å².